The molecule has 2 saturated heterocycles. The van der Waals surface area contributed by atoms with E-state index >= 15 is 0 Å². The van der Waals surface area contributed by atoms with Gasteiger partial charge in [0.25, 0.3) is 5.91 Å². The molecule has 0 bridgehead atoms. The lowest BCUT2D eigenvalue weighted by molar-refractivity contribution is 0.0303. The van der Waals surface area contributed by atoms with Gasteiger partial charge in [-0.15, -0.1) is 11.3 Å². The molecule has 4 aromatic rings. The van der Waals surface area contributed by atoms with Crippen molar-refractivity contribution in [2.75, 3.05) is 63.2 Å². The van der Waals surface area contributed by atoms with Gasteiger partial charge in [0.15, 0.2) is 11.6 Å². The summed E-state index contributed by atoms with van der Waals surface area (Å²) < 4.78 is 11.9. The van der Waals surface area contributed by atoms with Crippen LogP contribution in [0.2, 0.25) is 0 Å². The minimum Gasteiger partial charge on any atom is -0.378 e. The van der Waals surface area contributed by atoms with E-state index < -0.39 is 0 Å². The van der Waals surface area contributed by atoms with Crippen molar-refractivity contribution < 1.29 is 14.3 Å². The van der Waals surface area contributed by atoms with E-state index in [-0.39, 0.29) is 11.9 Å². The fourth-order valence-corrected chi connectivity index (χ4v) is 5.47. The predicted molar refractivity (Wildman–Crippen MR) is 138 cm³/mol. The van der Waals surface area contributed by atoms with Crippen LogP contribution in [0.15, 0.2) is 42.7 Å². The first kappa shape index (κ1) is 22.8. The van der Waals surface area contributed by atoms with Crippen molar-refractivity contribution in [2.24, 2.45) is 0 Å². The molecule has 2 fully saturated rings. The summed E-state index contributed by atoms with van der Waals surface area (Å²) in [6, 6.07) is 9.85. The number of carbonyl (C=O) groups is 1. The maximum Gasteiger partial charge on any atom is 0.254 e. The van der Waals surface area contributed by atoms with Gasteiger partial charge >= 0.3 is 0 Å². The molecule has 0 saturated carbocycles. The summed E-state index contributed by atoms with van der Waals surface area (Å²) in [5, 5.41) is 0. The molecule has 0 radical (unpaired) electrons. The van der Waals surface area contributed by atoms with Gasteiger partial charge in [-0.3, -0.25) is 4.79 Å². The Morgan fingerprint density at radius 2 is 1.56 bits per heavy atom. The summed E-state index contributed by atoms with van der Waals surface area (Å²) in [6.07, 6.45) is 3.29. The summed E-state index contributed by atoms with van der Waals surface area (Å²) in [5.74, 6) is 1.68. The quantitative estimate of drug-likeness (QED) is 0.448. The zero-order chi connectivity index (χ0) is 24.5. The number of nitrogen functional groups attached to an aromatic ring is 1. The number of thiophene rings is 1. The predicted octanol–water partition coefficient (Wildman–Crippen LogP) is 2.71. The molecule has 184 valence electrons. The van der Waals surface area contributed by atoms with E-state index in [4.69, 9.17) is 25.2 Å². The summed E-state index contributed by atoms with van der Waals surface area (Å²) in [4.78, 5) is 35.9. The molecule has 0 atom stereocenters. The van der Waals surface area contributed by atoms with Crippen LogP contribution in [0.5, 0.6) is 0 Å². The molecule has 5 heterocycles. The number of ether oxygens (including phenoxy) is 2. The van der Waals surface area contributed by atoms with E-state index in [1.807, 2.05) is 29.2 Å². The number of nitrogens with zero attached hydrogens (tertiary/aromatic N) is 6. The van der Waals surface area contributed by atoms with Crippen LogP contribution in [0.25, 0.3) is 32.0 Å². The number of amides is 1. The summed E-state index contributed by atoms with van der Waals surface area (Å²) in [7, 11) is 0. The number of morpholine rings is 2. The van der Waals surface area contributed by atoms with Gasteiger partial charge in [-0.2, -0.15) is 0 Å². The Morgan fingerprint density at radius 1 is 0.889 bits per heavy atom. The third-order valence-electron chi connectivity index (χ3n) is 6.31. The van der Waals surface area contributed by atoms with Gasteiger partial charge in [0.1, 0.15) is 0 Å². The largest absolute Gasteiger partial charge is 0.378 e. The number of fused-ring (bicyclic) bond motifs is 1. The van der Waals surface area contributed by atoms with Gasteiger partial charge in [-0.25, -0.2) is 19.9 Å². The summed E-state index contributed by atoms with van der Waals surface area (Å²) in [6.45, 7) is 5.25. The standard InChI is InChI=1S/C25H25N7O3S/c26-25-27-14-18(15-28-25)22-29-19-13-20(36-21(19)23(30-22)31-5-9-34-10-6-31)16-1-3-17(4-2-16)24(33)32-7-11-35-12-8-32/h1-4,13-15H,5-12H2,(H2,26,27,28). The molecule has 10 nitrogen and oxygen atoms in total. The van der Waals surface area contributed by atoms with Crippen LogP contribution in [0.1, 0.15) is 10.4 Å². The lowest BCUT2D eigenvalue weighted by atomic mass is 10.1. The normalized spacial score (nSPS) is 16.4. The summed E-state index contributed by atoms with van der Waals surface area (Å²) >= 11 is 1.65. The smallest absolute Gasteiger partial charge is 0.254 e. The maximum atomic E-state index is 12.8. The van der Waals surface area contributed by atoms with Crippen molar-refractivity contribution >= 4 is 39.2 Å². The minimum atomic E-state index is 0.0389. The Hall–Kier alpha value is -3.67. The van der Waals surface area contributed by atoms with Crippen LogP contribution in [-0.2, 0) is 9.47 Å². The van der Waals surface area contributed by atoms with E-state index in [9.17, 15) is 4.79 Å². The number of nitrogens with two attached hydrogens (primary N) is 1. The van der Waals surface area contributed by atoms with E-state index in [1.54, 1.807) is 23.7 Å². The molecule has 2 aliphatic rings. The number of rotatable bonds is 4. The molecule has 2 N–H and O–H groups in total. The summed E-state index contributed by atoms with van der Waals surface area (Å²) in [5.41, 5.74) is 8.94. The SMILES string of the molecule is Nc1ncc(-c2nc(N3CCOCC3)c3sc(-c4ccc(C(=O)N5CCOCC5)cc4)cc3n2)cn1. The van der Waals surface area contributed by atoms with E-state index in [1.165, 1.54) is 0 Å². The molecule has 11 heteroatoms. The monoisotopic (exact) mass is 503 g/mol. The molecule has 2 aliphatic heterocycles. The lowest BCUT2D eigenvalue weighted by Crippen LogP contribution is -2.40. The molecular weight excluding hydrogens is 478 g/mol. The maximum absolute atomic E-state index is 12.8. The molecule has 3 aromatic heterocycles. The number of anilines is 2. The van der Waals surface area contributed by atoms with Crippen molar-refractivity contribution in [3.63, 3.8) is 0 Å². The average molecular weight is 504 g/mol. The Kier molecular flexibility index (Phi) is 6.18. The van der Waals surface area contributed by atoms with Gasteiger partial charge in [0.05, 0.1) is 42.2 Å². The van der Waals surface area contributed by atoms with E-state index in [2.05, 4.69) is 20.9 Å². The van der Waals surface area contributed by atoms with Crippen molar-refractivity contribution in [3.05, 3.63) is 48.3 Å². The second kappa shape index (κ2) is 9.76. The minimum absolute atomic E-state index is 0.0389. The van der Waals surface area contributed by atoms with Crippen LogP contribution in [0, 0.1) is 0 Å². The van der Waals surface area contributed by atoms with Crippen LogP contribution < -0.4 is 10.6 Å². The Labute approximate surface area is 211 Å². The number of hydrogen-bond acceptors (Lipinski definition) is 10. The topological polar surface area (TPSA) is 120 Å². The highest BCUT2D eigenvalue weighted by Crippen LogP contribution is 2.38. The fraction of sp³-hybridized carbons (Fsp3) is 0.320. The number of aromatic nitrogens is 4. The molecule has 0 aliphatic carbocycles. The second-order valence-corrected chi connectivity index (χ2v) is 9.66. The highest BCUT2D eigenvalue weighted by Gasteiger charge is 2.22. The molecule has 0 spiro atoms. The van der Waals surface area contributed by atoms with Gasteiger partial charge < -0.3 is 25.0 Å². The van der Waals surface area contributed by atoms with Crippen molar-refractivity contribution in [3.8, 4) is 21.8 Å². The zero-order valence-electron chi connectivity index (χ0n) is 19.6. The Balaban J connectivity index is 1.36. The number of hydrogen-bond donors (Lipinski definition) is 1. The van der Waals surface area contributed by atoms with Gasteiger partial charge in [0, 0.05) is 49.0 Å². The lowest BCUT2D eigenvalue weighted by Gasteiger charge is -2.28. The molecule has 0 unspecified atom stereocenters. The van der Waals surface area contributed by atoms with Gasteiger partial charge in [0.2, 0.25) is 5.95 Å². The number of benzene rings is 1. The van der Waals surface area contributed by atoms with E-state index in [0.29, 0.717) is 56.5 Å². The Bertz CT molecular complexity index is 1380. The van der Waals surface area contributed by atoms with Crippen molar-refractivity contribution in [2.45, 2.75) is 0 Å². The van der Waals surface area contributed by atoms with Crippen molar-refractivity contribution in [1.29, 1.82) is 0 Å². The third-order valence-corrected chi connectivity index (χ3v) is 7.48. The second-order valence-electron chi connectivity index (χ2n) is 8.61. The van der Waals surface area contributed by atoms with Crippen LogP contribution in [-0.4, -0.2) is 83.3 Å². The first-order chi connectivity index (χ1) is 17.7. The van der Waals surface area contributed by atoms with Crippen LogP contribution in [0.3, 0.4) is 0 Å². The third kappa shape index (κ3) is 4.48. The highest BCUT2D eigenvalue weighted by atomic mass is 32.1. The molecule has 36 heavy (non-hydrogen) atoms. The first-order valence-electron chi connectivity index (χ1n) is 11.9. The fourth-order valence-electron chi connectivity index (χ4n) is 4.36. The van der Waals surface area contributed by atoms with Crippen LogP contribution >= 0.6 is 11.3 Å². The van der Waals surface area contributed by atoms with Gasteiger partial charge in [-0.1, -0.05) is 12.1 Å². The van der Waals surface area contributed by atoms with Gasteiger partial charge in [-0.05, 0) is 23.8 Å². The average Bonchev–Trinajstić information content (AvgIpc) is 3.38. The van der Waals surface area contributed by atoms with E-state index in [0.717, 1.165) is 39.6 Å². The molecule has 6 rings (SSSR count). The van der Waals surface area contributed by atoms with Crippen molar-refractivity contribution in [1.82, 2.24) is 24.8 Å². The molecule has 1 amide bonds. The Morgan fingerprint density at radius 3 is 2.25 bits per heavy atom. The highest BCUT2D eigenvalue weighted by molar-refractivity contribution is 7.22. The zero-order valence-corrected chi connectivity index (χ0v) is 20.4. The molecular formula is C25H25N7O3S. The molecule has 1 aromatic carbocycles. The van der Waals surface area contributed by atoms with Crippen LogP contribution in [0.4, 0.5) is 11.8 Å². The first-order valence-corrected chi connectivity index (χ1v) is 12.7. The number of carbonyl (C=O) groups excluding carboxylic acids is 1.